The number of anilines is 2. The number of carbonyl (C=O) groups is 2. The van der Waals surface area contributed by atoms with Crippen molar-refractivity contribution >= 4 is 67.7 Å². The van der Waals surface area contributed by atoms with Gasteiger partial charge in [0.05, 0.1) is 17.4 Å². The lowest BCUT2D eigenvalue weighted by molar-refractivity contribution is -0.118. The average molecular weight is 649 g/mol. The minimum Gasteiger partial charge on any atom is -0.384 e. The number of rotatable bonds is 7. The van der Waals surface area contributed by atoms with Gasteiger partial charge in [-0.1, -0.05) is 79.4 Å². The molecule has 3 heterocycles. The van der Waals surface area contributed by atoms with Crippen LogP contribution in [0.3, 0.4) is 0 Å². The fourth-order valence-electron chi connectivity index (χ4n) is 4.84. The molecule has 1 aliphatic carbocycles. The zero-order valence-corrected chi connectivity index (χ0v) is 25.5. The van der Waals surface area contributed by atoms with Gasteiger partial charge in [0.1, 0.15) is 11.6 Å². The smallest absolute Gasteiger partial charge is 0.235 e. The maximum atomic E-state index is 13.6. The van der Waals surface area contributed by atoms with Crippen LogP contribution in [-0.2, 0) is 9.59 Å². The third kappa shape index (κ3) is 6.43. The molecule has 0 saturated carbocycles. The second-order valence-corrected chi connectivity index (χ2v) is 13.4. The Morgan fingerprint density at radius 1 is 1.27 bits per heavy atom. The van der Waals surface area contributed by atoms with E-state index >= 15 is 0 Å². The normalized spacial score (nSPS) is 18.4. The number of aromatic nitrogens is 3. The number of nitrogens with two attached hydrogens (primary N) is 1. The number of ketones is 1. The summed E-state index contributed by atoms with van der Waals surface area (Å²) in [6.07, 6.45) is 6.34. The predicted octanol–water partition coefficient (Wildman–Crippen LogP) is 5.91. The summed E-state index contributed by atoms with van der Waals surface area (Å²) >= 11 is 5.80. The monoisotopic (exact) mass is 647 g/mol. The molecule has 1 amide bonds. The lowest BCUT2D eigenvalue weighted by Crippen LogP contribution is -2.42. The van der Waals surface area contributed by atoms with E-state index in [4.69, 9.17) is 5.73 Å². The van der Waals surface area contributed by atoms with Gasteiger partial charge >= 0.3 is 0 Å². The summed E-state index contributed by atoms with van der Waals surface area (Å²) in [5, 5.41) is 22.0. The van der Waals surface area contributed by atoms with Gasteiger partial charge in [0, 0.05) is 34.3 Å². The Balaban J connectivity index is 1.43. The second kappa shape index (κ2) is 12.0. The third-order valence-corrected chi connectivity index (χ3v) is 9.13. The number of carbonyl (C=O) groups excluding carboxylic acids is 2. The molecule has 1 unspecified atom stereocenters. The summed E-state index contributed by atoms with van der Waals surface area (Å²) < 4.78 is 1.37. The van der Waals surface area contributed by atoms with Gasteiger partial charge in [-0.15, -0.1) is 10.2 Å². The molecule has 3 N–H and O–H groups in total. The van der Waals surface area contributed by atoms with Crippen molar-refractivity contribution in [2.24, 2.45) is 17.1 Å². The lowest BCUT2D eigenvalue weighted by atomic mass is 9.70. The molecule has 2 aliphatic rings. The minimum absolute atomic E-state index is 0.0125. The van der Waals surface area contributed by atoms with Crippen LogP contribution in [0.25, 0.3) is 6.08 Å². The van der Waals surface area contributed by atoms with E-state index in [1.54, 1.807) is 23.2 Å². The summed E-state index contributed by atoms with van der Waals surface area (Å²) in [6.45, 7) is 4.09. The molecular formula is C29H26BrN7O2S2. The Morgan fingerprint density at radius 3 is 2.76 bits per heavy atom. The predicted molar refractivity (Wildman–Crippen MR) is 165 cm³/mol. The van der Waals surface area contributed by atoms with Gasteiger partial charge in [-0.3, -0.25) is 14.5 Å². The molecule has 0 saturated heterocycles. The molecule has 208 valence electrons. The first-order chi connectivity index (χ1) is 19.6. The number of nitrogens with one attached hydrogen (secondary N) is 1. The molecule has 0 radical (unpaired) electrons. The Morgan fingerprint density at radius 2 is 2.05 bits per heavy atom. The maximum absolute atomic E-state index is 13.6. The molecule has 41 heavy (non-hydrogen) atoms. The molecule has 1 atom stereocenters. The van der Waals surface area contributed by atoms with Crippen molar-refractivity contribution in [2.75, 3.05) is 16.0 Å². The highest BCUT2D eigenvalue weighted by Gasteiger charge is 2.44. The molecule has 9 nitrogen and oxygen atoms in total. The zero-order valence-electron chi connectivity index (χ0n) is 22.3. The van der Waals surface area contributed by atoms with Crippen LogP contribution in [0.2, 0.25) is 0 Å². The number of Topliss-reactive ketones (excluding diaryl/α,β-unsaturated/α-hetero) is 1. The van der Waals surface area contributed by atoms with Crippen molar-refractivity contribution in [1.29, 1.82) is 5.26 Å². The first-order valence-electron chi connectivity index (χ1n) is 12.7. The fourth-order valence-corrected chi connectivity index (χ4v) is 6.76. The van der Waals surface area contributed by atoms with Crippen LogP contribution in [0.15, 0.2) is 86.2 Å². The summed E-state index contributed by atoms with van der Waals surface area (Å²) in [4.78, 5) is 31.9. The number of nitrogens with zero attached hydrogens (tertiary/aromatic N) is 5. The van der Waals surface area contributed by atoms with Gasteiger partial charge in [-0.25, -0.2) is 4.98 Å². The summed E-state index contributed by atoms with van der Waals surface area (Å²) in [6, 6.07) is 15.5. The van der Waals surface area contributed by atoms with Gasteiger partial charge in [-0.05, 0) is 45.5 Å². The van der Waals surface area contributed by atoms with E-state index in [9.17, 15) is 14.9 Å². The van der Waals surface area contributed by atoms with Crippen LogP contribution in [0.5, 0.6) is 0 Å². The van der Waals surface area contributed by atoms with Crippen molar-refractivity contribution in [3.63, 3.8) is 0 Å². The molecule has 12 heteroatoms. The van der Waals surface area contributed by atoms with Crippen LogP contribution in [0.1, 0.15) is 32.3 Å². The summed E-state index contributed by atoms with van der Waals surface area (Å²) in [5.41, 5.74) is 8.90. The highest BCUT2D eigenvalue weighted by atomic mass is 79.9. The number of benzene rings is 1. The largest absolute Gasteiger partial charge is 0.384 e. The SMILES string of the molecule is CC1(C)CC(=O)C2=C(C1)N(c1nnc(SCC(=O)Nc3ccc(Br)cn3)s1)C(N)=C(C#N)C2/C=C/c1ccccc1. The van der Waals surface area contributed by atoms with Crippen molar-refractivity contribution in [3.8, 4) is 6.07 Å². The number of hydrogen-bond donors (Lipinski definition) is 2. The Bertz CT molecular complexity index is 1620. The average Bonchev–Trinajstić information content (AvgIpc) is 3.40. The number of nitriles is 1. The van der Waals surface area contributed by atoms with Crippen molar-refractivity contribution < 1.29 is 9.59 Å². The van der Waals surface area contributed by atoms with E-state index < -0.39 is 5.92 Å². The van der Waals surface area contributed by atoms with Gasteiger partial charge in [-0.2, -0.15) is 5.26 Å². The zero-order chi connectivity index (χ0) is 29.1. The van der Waals surface area contributed by atoms with Crippen molar-refractivity contribution in [1.82, 2.24) is 15.2 Å². The Kier molecular flexibility index (Phi) is 8.40. The maximum Gasteiger partial charge on any atom is 0.235 e. The minimum atomic E-state index is -0.562. The molecule has 0 fully saturated rings. The van der Waals surface area contributed by atoms with Gasteiger partial charge in [0.25, 0.3) is 0 Å². The van der Waals surface area contributed by atoms with Crippen molar-refractivity contribution in [3.05, 3.63) is 87.4 Å². The van der Waals surface area contributed by atoms with Gasteiger partial charge in [0.2, 0.25) is 11.0 Å². The second-order valence-electron chi connectivity index (χ2n) is 10.3. The Labute approximate surface area is 254 Å². The molecule has 1 aliphatic heterocycles. The number of hydrogen-bond acceptors (Lipinski definition) is 10. The molecular weight excluding hydrogens is 622 g/mol. The van der Waals surface area contributed by atoms with Crippen LogP contribution < -0.4 is 16.0 Å². The number of allylic oxidation sites excluding steroid dienone is 4. The summed E-state index contributed by atoms with van der Waals surface area (Å²) in [7, 11) is 0. The first-order valence-corrected chi connectivity index (χ1v) is 15.3. The highest BCUT2D eigenvalue weighted by Crippen LogP contribution is 2.48. The molecule has 5 rings (SSSR count). The van der Waals surface area contributed by atoms with Crippen LogP contribution >= 0.6 is 39.0 Å². The van der Waals surface area contributed by atoms with E-state index in [2.05, 4.69) is 42.5 Å². The number of pyridine rings is 1. The number of thioether (sulfide) groups is 1. The van der Waals surface area contributed by atoms with Crippen LogP contribution in [0, 0.1) is 22.7 Å². The summed E-state index contributed by atoms with van der Waals surface area (Å²) in [5.74, 6) is -0.0247. The lowest BCUT2D eigenvalue weighted by Gasteiger charge is -2.41. The molecule has 0 spiro atoms. The highest BCUT2D eigenvalue weighted by molar-refractivity contribution is 9.10. The fraction of sp³-hybridized carbons (Fsp3) is 0.241. The van der Waals surface area contributed by atoms with E-state index in [1.807, 2.05) is 56.3 Å². The van der Waals surface area contributed by atoms with E-state index in [1.165, 1.54) is 23.1 Å². The first kappa shape index (κ1) is 28.7. The topological polar surface area (TPSA) is 138 Å². The number of halogens is 1. The van der Waals surface area contributed by atoms with E-state index in [0.29, 0.717) is 33.7 Å². The number of amides is 1. The third-order valence-electron chi connectivity index (χ3n) is 6.62. The van der Waals surface area contributed by atoms with E-state index in [0.717, 1.165) is 15.7 Å². The van der Waals surface area contributed by atoms with Crippen LogP contribution in [-0.4, -0.2) is 32.6 Å². The molecule has 3 aromatic rings. The van der Waals surface area contributed by atoms with Gasteiger partial charge in [0.15, 0.2) is 10.1 Å². The van der Waals surface area contributed by atoms with Crippen molar-refractivity contribution in [2.45, 2.75) is 31.0 Å². The Hall–Kier alpha value is -3.79. The van der Waals surface area contributed by atoms with Gasteiger partial charge < -0.3 is 11.1 Å². The van der Waals surface area contributed by atoms with Crippen LogP contribution in [0.4, 0.5) is 10.9 Å². The standard InChI is InChI=1S/C29H26BrN7O2S2/c1-29(2)12-21-25(22(38)13-29)19(10-8-17-6-4-3-5-7-17)20(14-31)26(32)37(21)27-35-36-28(41-27)40-16-24(39)34-23-11-9-18(30)15-33-23/h3-11,15,19H,12-13,16,32H2,1-2H3,(H,33,34,39)/b10-8+. The van der Waals surface area contributed by atoms with E-state index in [-0.39, 0.29) is 34.3 Å². The quantitative estimate of drug-likeness (QED) is 0.300. The molecule has 2 aromatic heterocycles. The molecule has 1 aromatic carbocycles. The molecule has 0 bridgehead atoms.